The van der Waals surface area contributed by atoms with Crippen molar-refractivity contribution in [1.82, 2.24) is 14.0 Å². The van der Waals surface area contributed by atoms with Gasteiger partial charge in [-0.25, -0.2) is 14.2 Å². The van der Waals surface area contributed by atoms with Crippen LogP contribution in [0.5, 0.6) is 0 Å². The number of allylic oxidation sites excluding steroid dienone is 4. The van der Waals surface area contributed by atoms with Crippen LogP contribution in [0.1, 0.15) is 28.0 Å². The number of carboxylic acids is 1. The number of fused-ring (bicyclic) bond motifs is 4. The van der Waals surface area contributed by atoms with Crippen molar-refractivity contribution in [3.63, 3.8) is 0 Å². The van der Waals surface area contributed by atoms with E-state index in [1.807, 2.05) is 0 Å². The summed E-state index contributed by atoms with van der Waals surface area (Å²) in [5.74, 6) is -2.02. The summed E-state index contributed by atoms with van der Waals surface area (Å²) in [5, 5.41) is 11.2. The molecule has 4 heterocycles. The van der Waals surface area contributed by atoms with Gasteiger partial charge in [0.2, 0.25) is 0 Å². The van der Waals surface area contributed by atoms with E-state index in [0.717, 1.165) is 0 Å². The zero-order chi connectivity index (χ0) is 24.4. The average molecular weight is 555 g/mol. The van der Waals surface area contributed by atoms with Crippen molar-refractivity contribution >= 4 is 72.4 Å². The summed E-state index contributed by atoms with van der Waals surface area (Å²) in [4.78, 5) is 29.8. The van der Waals surface area contributed by atoms with Crippen LogP contribution in [-0.2, 0) is 11.3 Å². The smallest absolute Gasteiger partial charge is 0.353 e. The number of hydrogen-bond donors (Lipinski definition) is 1. The lowest BCUT2D eigenvalue weighted by Crippen LogP contribution is -2.13. The van der Waals surface area contributed by atoms with E-state index in [4.69, 9.17) is 16.0 Å². The Bertz CT molecular complexity index is 1790. The highest BCUT2D eigenvalue weighted by Gasteiger charge is 2.31. The number of carbonyl (C=O) groups is 2. The largest absolute Gasteiger partial charge is 0.477 e. The highest BCUT2D eigenvalue weighted by atomic mass is 79.9. The fourth-order valence-corrected chi connectivity index (χ4v) is 5.19. The molecule has 1 aliphatic rings. The highest BCUT2D eigenvalue weighted by molar-refractivity contribution is 9.10. The van der Waals surface area contributed by atoms with Gasteiger partial charge in [0.1, 0.15) is 27.3 Å². The lowest BCUT2D eigenvalue weighted by atomic mass is 9.93. The van der Waals surface area contributed by atoms with E-state index in [-0.39, 0.29) is 46.5 Å². The molecule has 0 radical (unpaired) electrons. The van der Waals surface area contributed by atoms with E-state index < -0.39 is 11.8 Å². The maximum atomic E-state index is 15.0. The molecule has 5 aromatic rings. The molecule has 7 nitrogen and oxygen atoms in total. The third-order valence-corrected chi connectivity index (χ3v) is 7.37. The van der Waals surface area contributed by atoms with Gasteiger partial charge in [-0.05, 0) is 45.8 Å². The molecule has 1 aliphatic carbocycles. The highest BCUT2D eigenvalue weighted by Crippen LogP contribution is 2.40. The summed E-state index contributed by atoms with van der Waals surface area (Å²) in [6.45, 7) is 0.0830. The molecule has 35 heavy (non-hydrogen) atoms. The average Bonchev–Trinajstić information content (AvgIpc) is 3.50. The fourth-order valence-electron chi connectivity index (χ4n) is 4.63. The number of Topliss-reactive ketones (excluding diaryl/α,β-unsaturated/α-hetero) is 1. The molecule has 0 atom stereocenters. The number of benzene rings is 1. The maximum absolute atomic E-state index is 15.0. The van der Waals surface area contributed by atoms with Crippen molar-refractivity contribution < 1.29 is 23.5 Å². The van der Waals surface area contributed by atoms with Crippen molar-refractivity contribution in [3.8, 4) is 0 Å². The quantitative estimate of drug-likeness (QED) is 0.284. The van der Waals surface area contributed by atoms with Gasteiger partial charge in [-0.2, -0.15) is 0 Å². The molecule has 0 bridgehead atoms. The van der Waals surface area contributed by atoms with Gasteiger partial charge in [-0.15, -0.1) is 0 Å². The normalized spacial score (nSPS) is 13.9. The number of rotatable bonds is 4. The first kappa shape index (κ1) is 21.8. The van der Waals surface area contributed by atoms with Crippen LogP contribution >= 0.6 is 27.5 Å². The number of hydrogen-bond acceptors (Lipinski definition) is 4. The fraction of sp³-hybridized carbons (Fsp3) is 0.0800. The van der Waals surface area contributed by atoms with Gasteiger partial charge in [0.05, 0.1) is 22.6 Å². The molecule has 0 spiro atoms. The summed E-state index contributed by atoms with van der Waals surface area (Å²) in [5.41, 5.74) is 2.11. The van der Waals surface area contributed by atoms with Crippen molar-refractivity contribution in [2.75, 3.05) is 0 Å². The summed E-state index contributed by atoms with van der Waals surface area (Å²) in [6.07, 6.45) is 8.25. The molecular weight excluding hydrogens is 541 g/mol. The lowest BCUT2D eigenvalue weighted by molar-refractivity contribution is -0.113. The van der Waals surface area contributed by atoms with Crippen LogP contribution in [0.3, 0.4) is 0 Å². The zero-order valence-electron chi connectivity index (χ0n) is 17.8. The number of furan rings is 1. The standard InChI is InChI=1S/C25H14BrClFN3O4/c26-23-24(27)29-18-9-12(5-7-30(18)23)11-31-16-10-15(28)13-6-8-35-22(13)20(16)19(21(31)25(33)34)14-3-1-2-4-17(14)32/h1-3,5-10H,4,11H2,(H,33,34). The Morgan fingerprint density at radius 3 is 2.91 bits per heavy atom. The van der Waals surface area contributed by atoms with Gasteiger partial charge >= 0.3 is 5.97 Å². The van der Waals surface area contributed by atoms with Gasteiger partial charge in [0, 0.05) is 30.3 Å². The lowest BCUT2D eigenvalue weighted by Gasteiger charge is -2.11. The number of halogens is 3. The minimum Gasteiger partial charge on any atom is -0.477 e. The molecule has 0 aliphatic heterocycles. The van der Waals surface area contributed by atoms with Crippen molar-refractivity contribution in [1.29, 1.82) is 0 Å². The molecular formula is C25H14BrClFN3O4. The monoisotopic (exact) mass is 553 g/mol. The number of aromatic nitrogens is 3. The first-order valence-electron chi connectivity index (χ1n) is 10.5. The third kappa shape index (κ3) is 3.26. The molecule has 0 amide bonds. The van der Waals surface area contributed by atoms with Crippen molar-refractivity contribution in [2.45, 2.75) is 13.0 Å². The third-order valence-electron chi connectivity index (χ3n) is 6.13. The van der Waals surface area contributed by atoms with Gasteiger partial charge in [0.25, 0.3) is 0 Å². The molecule has 0 saturated carbocycles. The molecule has 6 rings (SSSR count). The Hall–Kier alpha value is -3.69. The molecule has 1 aromatic carbocycles. The number of nitrogens with zero attached hydrogens (tertiary/aromatic N) is 3. The van der Waals surface area contributed by atoms with Crippen LogP contribution in [0.4, 0.5) is 4.39 Å². The van der Waals surface area contributed by atoms with Crippen LogP contribution < -0.4 is 0 Å². The number of ketones is 1. The van der Waals surface area contributed by atoms with Gasteiger partial charge in [-0.3, -0.25) is 9.20 Å². The van der Waals surface area contributed by atoms with Crippen LogP contribution in [0.25, 0.3) is 33.1 Å². The molecule has 1 N–H and O–H groups in total. The van der Waals surface area contributed by atoms with Crippen LogP contribution in [0, 0.1) is 5.82 Å². The maximum Gasteiger partial charge on any atom is 0.353 e. The Kier molecular flexibility index (Phi) is 4.94. The SMILES string of the molecule is O=C1CC=CC=C1c1c(C(=O)O)n(Cc2ccn3c(Br)c(Cl)nc3c2)c2cc(F)c3ccoc3c12. The molecule has 4 aromatic heterocycles. The number of pyridine rings is 1. The van der Waals surface area contributed by atoms with Crippen molar-refractivity contribution in [2.24, 2.45) is 0 Å². The minimum atomic E-state index is -1.24. The van der Waals surface area contributed by atoms with Gasteiger partial charge < -0.3 is 14.1 Å². The zero-order valence-corrected chi connectivity index (χ0v) is 20.1. The summed E-state index contributed by atoms with van der Waals surface area (Å²) in [6, 6.07) is 6.33. The van der Waals surface area contributed by atoms with E-state index in [9.17, 15) is 14.7 Å². The van der Waals surface area contributed by atoms with E-state index >= 15 is 4.39 Å². The second kappa shape index (κ2) is 7.93. The first-order chi connectivity index (χ1) is 16.8. The number of carbonyl (C=O) groups excluding carboxylic acids is 1. The predicted octanol–water partition coefficient (Wildman–Crippen LogP) is 6.25. The van der Waals surface area contributed by atoms with E-state index in [2.05, 4.69) is 20.9 Å². The van der Waals surface area contributed by atoms with Crippen LogP contribution in [0.15, 0.2) is 64.0 Å². The van der Waals surface area contributed by atoms with Crippen molar-refractivity contribution in [3.05, 3.63) is 87.3 Å². The predicted molar refractivity (Wildman–Crippen MR) is 132 cm³/mol. The summed E-state index contributed by atoms with van der Waals surface area (Å²) < 4.78 is 24.5. The molecule has 10 heteroatoms. The number of imidazole rings is 1. The first-order valence-corrected chi connectivity index (χ1v) is 11.7. The second-order valence-electron chi connectivity index (χ2n) is 8.12. The van der Waals surface area contributed by atoms with Crippen LogP contribution in [-0.4, -0.2) is 30.8 Å². The molecule has 0 fully saturated rings. The van der Waals surface area contributed by atoms with E-state index in [1.54, 1.807) is 41.0 Å². The Morgan fingerprint density at radius 1 is 1.31 bits per heavy atom. The van der Waals surface area contributed by atoms with Crippen LogP contribution in [0.2, 0.25) is 5.15 Å². The summed E-state index contributed by atoms with van der Waals surface area (Å²) >= 11 is 9.49. The molecule has 174 valence electrons. The number of aromatic carboxylic acids is 1. The molecule has 0 unspecified atom stereocenters. The van der Waals surface area contributed by atoms with Gasteiger partial charge in [-0.1, -0.05) is 29.8 Å². The second-order valence-corrected chi connectivity index (χ2v) is 9.23. The Balaban J connectivity index is 1.68. The minimum absolute atomic E-state index is 0.0830. The van der Waals surface area contributed by atoms with Gasteiger partial charge in [0.15, 0.2) is 10.9 Å². The topological polar surface area (TPSA) is 89.7 Å². The van der Waals surface area contributed by atoms with E-state index in [0.29, 0.717) is 31.9 Å². The number of carboxylic acid groups (broad SMARTS) is 1. The Morgan fingerprint density at radius 2 is 2.14 bits per heavy atom. The Labute approximate surface area is 209 Å². The summed E-state index contributed by atoms with van der Waals surface area (Å²) in [7, 11) is 0. The van der Waals surface area contributed by atoms with E-state index in [1.165, 1.54) is 23.0 Å². The molecule has 0 saturated heterocycles.